The zero-order chi connectivity index (χ0) is 26.2. The third-order valence-electron chi connectivity index (χ3n) is 6.82. The molecular formula is C30H36N4O3. The second-order valence-corrected chi connectivity index (χ2v) is 9.25. The Morgan fingerprint density at radius 3 is 2.59 bits per heavy atom. The number of rotatable bonds is 5. The SMILES string of the molecule is CN1CC=C(c2ccc(N(C)c3ccc4c(c3)OCCC4)cc2)CC1.CNc1cnccc1C(=O)OC. The Hall–Kier alpha value is -3.84. The number of benzene rings is 2. The van der Waals surface area contributed by atoms with Gasteiger partial charge in [-0.25, -0.2) is 4.79 Å². The Labute approximate surface area is 219 Å². The molecule has 0 bridgehead atoms. The minimum atomic E-state index is -0.359. The fourth-order valence-electron chi connectivity index (χ4n) is 4.50. The predicted octanol–water partition coefficient (Wildman–Crippen LogP) is 5.41. The van der Waals surface area contributed by atoms with Crippen molar-refractivity contribution in [3.63, 3.8) is 0 Å². The number of likely N-dealkylation sites (N-methyl/N-ethyl adjacent to an activating group) is 1. The molecule has 3 heterocycles. The van der Waals surface area contributed by atoms with E-state index in [9.17, 15) is 4.79 Å². The molecule has 37 heavy (non-hydrogen) atoms. The summed E-state index contributed by atoms with van der Waals surface area (Å²) < 4.78 is 10.4. The van der Waals surface area contributed by atoms with Crippen molar-refractivity contribution in [2.45, 2.75) is 19.3 Å². The van der Waals surface area contributed by atoms with Crippen LogP contribution in [-0.4, -0.2) is 63.8 Å². The monoisotopic (exact) mass is 500 g/mol. The van der Waals surface area contributed by atoms with E-state index < -0.39 is 0 Å². The Morgan fingerprint density at radius 2 is 1.89 bits per heavy atom. The van der Waals surface area contributed by atoms with E-state index in [1.165, 1.54) is 35.2 Å². The van der Waals surface area contributed by atoms with Gasteiger partial charge >= 0.3 is 5.97 Å². The Balaban J connectivity index is 0.000000225. The maximum Gasteiger partial charge on any atom is 0.340 e. The maximum atomic E-state index is 11.1. The second kappa shape index (κ2) is 12.4. The molecule has 3 aromatic rings. The topological polar surface area (TPSA) is 66.9 Å². The molecule has 0 saturated heterocycles. The number of anilines is 3. The molecular weight excluding hydrogens is 464 g/mol. The van der Waals surface area contributed by atoms with Gasteiger partial charge in [0.05, 0.1) is 31.2 Å². The van der Waals surface area contributed by atoms with Crippen LogP contribution in [0, 0.1) is 0 Å². The lowest BCUT2D eigenvalue weighted by Crippen LogP contribution is -2.23. The Morgan fingerprint density at radius 1 is 1.11 bits per heavy atom. The van der Waals surface area contributed by atoms with E-state index in [1.54, 1.807) is 25.5 Å². The van der Waals surface area contributed by atoms with E-state index in [-0.39, 0.29) is 5.97 Å². The quantitative estimate of drug-likeness (QED) is 0.470. The van der Waals surface area contributed by atoms with E-state index in [4.69, 9.17) is 4.74 Å². The smallest absolute Gasteiger partial charge is 0.340 e. The number of hydrogen-bond acceptors (Lipinski definition) is 7. The van der Waals surface area contributed by atoms with Gasteiger partial charge in [0.25, 0.3) is 0 Å². The van der Waals surface area contributed by atoms with Crippen LogP contribution in [0.4, 0.5) is 17.1 Å². The summed E-state index contributed by atoms with van der Waals surface area (Å²) in [4.78, 5) is 19.5. The number of fused-ring (bicyclic) bond motifs is 1. The van der Waals surface area contributed by atoms with Gasteiger partial charge in [-0.1, -0.05) is 24.3 Å². The predicted molar refractivity (Wildman–Crippen MR) is 150 cm³/mol. The van der Waals surface area contributed by atoms with Crippen LogP contribution in [0.1, 0.15) is 34.3 Å². The molecule has 2 aromatic carbocycles. The highest BCUT2D eigenvalue weighted by atomic mass is 16.5. The number of carbonyl (C=O) groups is 1. The molecule has 2 aliphatic rings. The number of esters is 1. The lowest BCUT2D eigenvalue weighted by atomic mass is 9.99. The number of aromatic nitrogens is 1. The molecule has 0 unspecified atom stereocenters. The van der Waals surface area contributed by atoms with E-state index in [0.29, 0.717) is 11.3 Å². The summed E-state index contributed by atoms with van der Waals surface area (Å²) in [6, 6.07) is 17.1. The molecule has 0 atom stereocenters. The molecule has 1 aromatic heterocycles. The van der Waals surface area contributed by atoms with Crippen LogP contribution >= 0.6 is 0 Å². The largest absolute Gasteiger partial charge is 0.493 e. The lowest BCUT2D eigenvalue weighted by molar-refractivity contribution is 0.0601. The average molecular weight is 501 g/mol. The fourth-order valence-corrected chi connectivity index (χ4v) is 4.50. The number of ether oxygens (including phenoxy) is 2. The van der Waals surface area contributed by atoms with Crippen molar-refractivity contribution in [3.8, 4) is 5.75 Å². The van der Waals surface area contributed by atoms with Gasteiger partial charge < -0.3 is 24.6 Å². The van der Waals surface area contributed by atoms with Gasteiger partial charge in [0.15, 0.2) is 0 Å². The summed E-state index contributed by atoms with van der Waals surface area (Å²) in [5, 5.41) is 2.85. The van der Waals surface area contributed by atoms with Crippen LogP contribution in [0.15, 0.2) is 67.0 Å². The van der Waals surface area contributed by atoms with Crippen molar-refractivity contribution in [1.29, 1.82) is 0 Å². The minimum absolute atomic E-state index is 0.359. The maximum absolute atomic E-state index is 11.1. The molecule has 0 fully saturated rings. The van der Waals surface area contributed by atoms with Crippen molar-refractivity contribution in [1.82, 2.24) is 9.88 Å². The van der Waals surface area contributed by atoms with Crippen LogP contribution in [-0.2, 0) is 11.2 Å². The van der Waals surface area contributed by atoms with Crippen LogP contribution in [0.2, 0.25) is 0 Å². The number of nitrogens with one attached hydrogen (secondary N) is 1. The lowest BCUT2D eigenvalue weighted by Gasteiger charge is -2.24. The second-order valence-electron chi connectivity index (χ2n) is 9.25. The first-order valence-corrected chi connectivity index (χ1v) is 12.7. The Bertz CT molecular complexity index is 1240. The minimum Gasteiger partial charge on any atom is -0.493 e. The molecule has 0 aliphatic carbocycles. The zero-order valence-corrected chi connectivity index (χ0v) is 22.2. The molecule has 2 aliphatic heterocycles. The molecule has 194 valence electrons. The van der Waals surface area contributed by atoms with Gasteiger partial charge in [-0.05, 0) is 67.3 Å². The molecule has 0 saturated carbocycles. The Kier molecular flexibility index (Phi) is 8.80. The average Bonchev–Trinajstić information content (AvgIpc) is 2.97. The number of nitrogens with zero attached hydrogens (tertiary/aromatic N) is 3. The standard InChI is InChI=1S/C22H26N2O.C8H10N2O2/c1-23-13-11-18(12-14-23)17-5-8-20(9-6-17)24(2)21-10-7-19-4-3-15-25-22(19)16-21;1-9-7-5-10-4-3-6(7)8(11)12-2/h5-11,16H,3-4,12-15H2,1-2H3;3-5,9H,1-2H3. The summed E-state index contributed by atoms with van der Waals surface area (Å²) in [6.07, 6.45) is 8.85. The van der Waals surface area contributed by atoms with E-state index >= 15 is 0 Å². The summed E-state index contributed by atoms with van der Waals surface area (Å²) in [6.45, 7) is 3.02. The molecule has 5 rings (SSSR count). The van der Waals surface area contributed by atoms with Gasteiger partial charge in [0, 0.05) is 50.8 Å². The van der Waals surface area contributed by atoms with Gasteiger partial charge in [-0.3, -0.25) is 4.98 Å². The highest BCUT2D eigenvalue weighted by molar-refractivity contribution is 5.95. The van der Waals surface area contributed by atoms with Crippen LogP contribution in [0.5, 0.6) is 5.75 Å². The summed E-state index contributed by atoms with van der Waals surface area (Å²) in [5.74, 6) is 0.686. The molecule has 0 spiro atoms. The number of aryl methyl sites for hydroxylation is 1. The number of carbonyl (C=O) groups excluding carboxylic acids is 1. The third-order valence-corrected chi connectivity index (χ3v) is 6.82. The van der Waals surface area contributed by atoms with Crippen molar-refractivity contribution in [3.05, 3.63) is 83.7 Å². The van der Waals surface area contributed by atoms with Crippen LogP contribution in [0.3, 0.4) is 0 Å². The van der Waals surface area contributed by atoms with Crippen molar-refractivity contribution in [2.24, 2.45) is 0 Å². The summed E-state index contributed by atoms with van der Waals surface area (Å²) in [5.41, 5.74) is 7.68. The number of hydrogen-bond donors (Lipinski definition) is 1. The fraction of sp³-hybridized carbons (Fsp3) is 0.333. The van der Waals surface area contributed by atoms with Gasteiger partial charge in [-0.2, -0.15) is 0 Å². The highest BCUT2D eigenvalue weighted by Gasteiger charge is 2.14. The van der Waals surface area contributed by atoms with E-state index in [0.717, 1.165) is 44.7 Å². The molecule has 1 N–H and O–H groups in total. The highest BCUT2D eigenvalue weighted by Crippen LogP contribution is 2.33. The summed E-state index contributed by atoms with van der Waals surface area (Å²) >= 11 is 0. The first kappa shape index (κ1) is 26.2. The first-order chi connectivity index (χ1) is 18.0. The van der Waals surface area contributed by atoms with Gasteiger partial charge in [-0.15, -0.1) is 0 Å². The molecule has 0 radical (unpaired) electrons. The van der Waals surface area contributed by atoms with Gasteiger partial charge in [0.1, 0.15) is 5.75 Å². The zero-order valence-electron chi connectivity index (χ0n) is 22.2. The van der Waals surface area contributed by atoms with Crippen LogP contribution < -0.4 is 15.0 Å². The molecule has 0 amide bonds. The van der Waals surface area contributed by atoms with Crippen LogP contribution in [0.25, 0.3) is 5.57 Å². The van der Waals surface area contributed by atoms with Gasteiger partial charge in [0.2, 0.25) is 0 Å². The number of pyridine rings is 1. The molecule has 7 heteroatoms. The van der Waals surface area contributed by atoms with E-state index in [1.807, 2.05) is 0 Å². The molecule has 7 nitrogen and oxygen atoms in total. The van der Waals surface area contributed by atoms with Crippen molar-refractivity contribution in [2.75, 3.05) is 58.2 Å². The first-order valence-electron chi connectivity index (χ1n) is 12.7. The normalized spacial score (nSPS) is 14.8. The third kappa shape index (κ3) is 6.49. The number of methoxy groups -OCH3 is 1. The van der Waals surface area contributed by atoms with E-state index in [2.05, 4.69) is 87.5 Å². The summed E-state index contributed by atoms with van der Waals surface area (Å²) in [7, 11) is 7.37. The van der Waals surface area contributed by atoms with Crippen molar-refractivity contribution >= 4 is 28.6 Å². The van der Waals surface area contributed by atoms with Crippen molar-refractivity contribution < 1.29 is 14.3 Å².